The Morgan fingerprint density at radius 2 is 2.12 bits per heavy atom. The number of carbonyl (C=O) groups excluding carboxylic acids is 1. The molecule has 1 aromatic carbocycles. The Bertz CT molecular complexity index is 889. The molecule has 0 spiro atoms. The molecule has 2 aromatic rings. The number of aryl methyl sites for hydroxylation is 1. The average Bonchev–Trinajstić information content (AvgIpc) is 3.15. The Morgan fingerprint density at radius 3 is 2.77 bits per heavy atom. The minimum atomic E-state index is -2.08. The molecule has 1 aliphatic rings. The highest BCUT2D eigenvalue weighted by atomic mass is 19.1. The number of aliphatic hydroxyl groups is 1. The number of carboxylic acid groups (broad SMARTS) is 1. The summed E-state index contributed by atoms with van der Waals surface area (Å²) in [5, 5.41) is 25.3. The van der Waals surface area contributed by atoms with E-state index < -0.39 is 29.8 Å². The van der Waals surface area contributed by atoms with Crippen molar-refractivity contribution in [2.75, 3.05) is 6.54 Å². The molecule has 3 N–H and O–H groups in total. The van der Waals surface area contributed by atoms with E-state index in [0.717, 1.165) is 30.2 Å². The third-order valence-electron chi connectivity index (χ3n) is 4.53. The van der Waals surface area contributed by atoms with Crippen LogP contribution in [0.3, 0.4) is 0 Å². The maximum Gasteiger partial charge on any atom is 0.337 e. The summed E-state index contributed by atoms with van der Waals surface area (Å²) in [7, 11) is 0. The predicted molar refractivity (Wildman–Crippen MR) is 90.9 cm³/mol. The Labute approximate surface area is 149 Å². The van der Waals surface area contributed by atoms with Crippen molar-refractivity contribution in [2.24, 2.45) is 0 Å². The number of benzene rings is 1. The number of carboxylic acids is 1. The van der Waals surface area contributed by atoms with Crippen molar-refractivity contribution in [3.63, 3.8) is 0 Å². The van der Waals surface area contributed by atoms with E-state index in [9.17, 15) is 19.1 Å². The van der Waals surface area contributed by atoms with E-state index in [1.807, 2.05) is 0 Å². The van der Waals surface area contributed by atoms with E-state index in [0.29, 0.717) is 12.8 Å². The smallest absolute Gasteiger partial charge is 0.337 e. The van der Waals surface area contributed by atoms with Crippen LogP contribution in [0.4, 0.5) is 4.39 Å². The van der Waals surface area contributed by atoms with Crippen LogP contribution < -0.4 is 5.32 Å². The molecule has 1 amide bonds. The standard InChI is InChI=1S/C18H20FN3O4/c1-10-6-7-14(12(19)8-10)22-13-5-3-4-11(13)15(21-22)16(23)20-9-18(2,26)17(24)25/h6-8,26H,3-5,9H2,1-2H3,(H,20,23)(H,24,25). The SMILES string of the molecule is Cc1ccc(-n2nc(C(=O)NCC(C)(O)C(=O)O)c3c2CCC3)c(F)c1. The number of hydrogen-bond acceptors (Lipinski definition) is 4. The second kappa shape index (κ2) is 6.53. The number of fused-ring (bicyclic) bond motifs is 1. The molecule has 0 fully saturated rings. The van der Waals surface area contributed by atoms with Gasteiger partial charge in [0.1, 0.15) is 11.5 Å². The minimum Gasteiger partial charge on any atom is -0.479 e. The van der Waals surface area contributed by atoms with Crippen LogP contribution in [0.5, 0.6) is 0 Å². The molecule has 138 valence electrons. The first-order valence-corrected chi connectivity index (χ1v) is 8.32. The lowest BCUT2D eigenvalue weighted by Crippen LogP contribution is -2.46. The number of carbonyl (C=O) groups is 2. The third-order valence-corrected chi connectivity index (χ3v) is 4.53. The Morgan fingerprint density at radius 1 is 1.38 bits per heavy atom. The van der Waals surface area contributed by atoms with Crippen molar-refractivity contribution in [2.45, 2.75) is 38.7 Å². The summed E-state index contributed by atoms with van der Waals surface area (Å²) in [4.78, 5) is 23.4. The molecule has 1 atom stereocenters. The zero-order valence-corrected chi connectivity index (χ0v) is 14.5. The van der Waals surface area contributed by atoms with Crippen LogP contribution in [-0.2, 0) is 17.6 Å². The summed E-state index contributed by atoms with van der Waals surface area (Å²) in [6.07, 6.45) is 2.14. The van der Waals surface area contributed by atoms with Crippen molar-refractivity contribution in [3.05, 3.63) is 46.5 Å². The number of hydrogen-bond donors (Lipinski definition) is 3. The number of aliphatic carboxylic acids is 1. The summed E-state index contributed by atoms with van der Waals surface area (Å²) < 4.78 is 15.8. The van der Waals surface area contributed by atoms with E-state index in [2.05, 4.69) is 10.4 Å². The highest BCUT2D eigenvalue weighted by molar-refractivity contribution is 5.94. The van der Waals surface area contributed by atoms with Crippen molar-refractivity contribution in [3.8, 4) is 5.69 Å². The molecule has 3 rings (SSSR count). The molecule has 1 aromatic heterocycles. The van der Waals surface area contributed by atoms with Gasteiger partial charge >= 0.3 is 5.97 Å². The number of nitrogens with one attached hydrogen (secondary N) is 1. The van der Waals surface area contributed by atoms with Crippen molar-refractivity contribution in [1.82, 2.24) is 15.1 Å². The Balaban J connectivity index is 1.92. The first-order valence-electron chi connectivity index (χ1n) is 8.32. The first kappa shape index (κ1) is 18.1. The molecule has 1 heterocycles. The summed E-state index contributed by atoms with van der Waals surface area (Å²) in [6.45, 7) is 2.43. The Hall–Kier alpha value is -2.74. The van der Waals surface area contributed by atoms with Crippen molar-refractivity contribution < 1.29 is 24.2 Å². The van der Waals surface area contributed by atoms with Gasteiger partial charge in [0.15, 0.2) is 11.3 Å². The summed E-state index contributed by atoms with van der Waals surface area (Å²) in [5.74, 6) is -2.45. The summed E-state index contributed by atoms with van der Waals surface area (Å²) >= 11 is 0. The van der Waals surface area contributed by atoms with Gasteiger partial charge < -0.3 is 15.5 Å². The first-order chi connectivity index (χ1) is 12.2. The highest BCUT2D eigenvalue weighted by Crippen LogP contribution is 2.29. The van der Waals surface area contributed by atoms with Gasteiger partial charge in [-0.25, -0.2) is 13.9 Å². The fraction of sp³-hybridized carbons (Fsp3) is 0.389. The summed E-state index contributed by atoms with van der Waals surface area (Å²) in [5.41, 5.74) is 0.623. The lowest BCUT2D eigenvalue weighted by molar-refractivity contribution is -0.155. The van der Waals surface area contributed by atoms with Crippen LogP contribution >= 0.6 is 0 Å². The molecular formula is C18H20FN3O4. The normalized spacial score (nSPS) is 15.4. The van der Waals surface area contributed by atoms with Gasteiger partial charge in [0, 0.05) is 11.3 Å². The van der Waals surface area contributed by atoms with Crippen molar-refractivity contribution >= 4 is 11.9 Å². The van der Waals surface area contributed by atoms with E-state index in [1.165, 1.54) is 10.7 Å². The molecule has 0 saturated carbocycles. The molecule has 0 bridgehead atoms. The van der Waals surface area contributed by atoms with Crippen LogP contribution in [0.1, 0.15) is 40.7 Å². The molecule has 7 nitrogen and oxygen atoms in total. The maximum atomic E-state index is 14.3. The average molecular weight is 361 g/mol. The molecule has 26 heavy (non-hydrogen) atoms. The van der Waals surface area contributed by atoms with Crippen LogP contribution in [0.15, 0.2) is 18.2 Å². The van der Waals surface area contributed by atoms with E-state index in [4.69, 9.17) is 5.11 Å². The van der Waals surface area contributed by atoms with Gasteiger partial charge in [0.05, 0.1) is 6.54 Å². The molecule has 0 aliphatic heterocycles. The maximum absolute atomic E-state index is 14.3. The monoisotopic (exact) mass is 361 g/mol. The third kappa shape index (κ3) is 3.20. The van der Waals surface area contributed by atoms with Crippen LogP contribution in [0.2, 0.25) is 0 Å². The summed E-state index contributed by atoms with van der Waals surface area (Å²) in [6, 6.07) is 4.79. The molecule has 8 heteroatoms. The van der Waals surface area contributed by atoms with Gasteiger partial charge in [-0.05, 0) is 50.8 Å². The van der Waals surface area contributed by atoms with Gasteiger partial charge in [0.2, 0.25) is 0 Å². The fourth-order valence-corrected chi connectivity index (χ4v) is 3.01. The van der Waals surface area contributed by atoms with Gasteiger partial charge in [-0.3, -0.25) is 4.79 Å². The zero-order chi connectivity index (χ0) is 19.1. The number of halogens is 1. The van der Waals surface area contributed by atoms with Gasteiger partial charge in [-0.1, -0.05) is 6.07 Å². The number of amides is 1. The Kier molecular flexibility index (Phi) is 4.53. The predicted octanol–water partition coefficient (Wildman–Crippen LogP) is 1.37. The highest BCUT2D eigenvalue weighted by Gasteiger charge is 2.32. The van der Waals surface area contributed by atoms with Crippen molar-refractivity contribution in [1.29, 1.82) is 0 Å². The van der Waals surface area contributed by atoms with Crippen LogP contribution in [0.25, 0.3) is 5.69 Å². The minimum absolute atomic E-state index is 0.138. The second-order valence-electron chi connectivity index (χ2n) is 6.76. The molecule has 0 saturated heterocycles. The quantitative estimate of drug-likeness (QED) is 0.746. The van der Waals surface area contributed by atoms with Crippen LogP contribution in [-0.4, -0.2) is 44.0 Å². The van der Waals surface area contributed by atoms with Gasteiger partial charge in [-0.2, -0.15) is 5.10 Å². The number of nitrogens with zero attached hydrogens (tertiary/aromatic N) is 2. The van der Waals surface area contributed by atoms with Gasteiger partial charge in [-0.15, -0.1) is 0 Å². The molecule has 0 radical (unpaired) electrons. The largest absolute Gasteiger partial charge is 0.479 e. The molecule has 1 aliphatic carbocycles. The topological polar surface area (TPSA) is 104 Å². The molecule has 1 unspecified atom stereocenters. The van der Waals surface area contributed by atoms with Crippen LogP contribution in [0, 0.1) is 12.7 Å². The lowest BCUT2D eigenvalue weighted by atomic mass is 10.1. The second-order valence-corrected chi connectivity index (χ2v) is 6.76. The molecular weight excluding hydrogens is 341 g/mol. The van der Waals surface area contributed by atoms with Gasteiger partial charge in [0.25, 0.3) is 5.91 Å². The zero-order valence-electron chi connectivity index (χ0n) is 14.5. The van der Waals surface area contributed by atoms with E-state index in [-0.39, 0.29) is 11.4 Å². The number of aromatic nitrogens is 2. The van der Waals surface area contributed by atoms with E-state index >= 15 is 0 Å². The lowest BCUT2D eigenvalue weighted by Gasteiger charge is -2.17. The number of rotatable bonds is 5. The fourth-order valence-electron chi connectivity index (χ4n) is 3.01. The van der Waals surface area contributed by atoms with E-state index in [1.54, 1.807) is 19.1 Å².